The molecule has 2 heterocycles. The number of carboxylic acid groups (broad SMARTS) is 1. The summed E-state index contributed by atoms with van der Waals surface area (Å²) < 4.78 is 26.3. The molecule has 10 heteroatoms. The summed E-state index contributed by atoms with van der Waals surface area (Å²) in [7, 11) is -3.81. The summed E-state index contributed by atoms with van der Waals surface area (Å²) in [4.78, 5) is 11.0. The molecule has 0 aliphatic rings. The molecule has 0 saturated heterocycles. The predicted molar refractivity (Wildman–Crippen MR) is 73.5 cm³/mol. The highest BCUT2D eigenvalue weighted by Crippen LogP contribution is 2.24. The van der Waals surface area contributed by atoms with Gasteiger partial charge in [-0.25, -0.2) is 8.42 Å². The van der Waals surface area contributed by atoms with E-state index >= 15 is 0 Å². The van der Waals surface area contributed by atoms with Gasteiger partial charge in [0.15, 0.2) is 11.0 Å². The van der Waals surface area contributed by atoms with Crippen LogP contribution in [0.25, 0.3) is 0 Å². The summed E-state index contributed by atoms with van der Waals surface area (Å²) >= 11 is 6.43. The number of hydrogen-bond donors (Lipinski definition) is 2. The lowest BCUT2D eigenvalue weighted by Crippen LogP contribution is -2.12. The van der Waals surface area contributed by atoms with Gasteiger partial charge in [-0.3, -0.25) is 9.52 Å². The van der Waals surface area contributed by atoms with Crippen LogP contribution in [0.15, 0.2) is 28.5 Å². The van der Waals surface area contributed by atoms with Gasteiger partial charge in [-0.15, -0.1) is 21.5 Å². The zero-order valence-corrected chi connectivity index (χ0v) is 12.2. The van der Waals surface area contributed by atoms with Gasteiger partial charge in [0, 0.05) is 4.88 Å². The summed E-state index contributed by atoms with van der Waals surface area (Å²) in [5, 5.41) is 15.9. The first-order valence-electron chi connectivity index (χ1n) is 5.19. The van der Waals surface area contributed by atoms with Crippen molar-refractivity contribution in [3.8, 4) is 0 Å². The van der Waals surface area contributed by atoms with Crippen LogP contribution in [0.2, 0.25) is 5.15 Å². The van der Waals surface area contributed by atoms with Gasteiger partial charge in [-0.2, -0.15) is 0 Å². The van der Waals surface area contributed by atoms with Crippen LogP contribution < -0.4 is 4.72 Å². The first kappa shape index (κ1) is 14.7. The Balaban J connectivity index is 2.19. The van der Waals surface area contributed by atoms with Crippen LogP contribution in [-0.2, 0) is 21.2 Å². The zero-order valence-electron chi connectivity index (χ0n) is 9.78. The van der Waals surface area contributed by atoms with Crippen LogP contribution >= 0.6 is 22.9 Å². The van der Waals surface area contributed by atoms with Crippen LogP contribution in [0.1, 0.15) is 4.88 Å². The minimum atomic E-state index is -3.81. The van der Waals surface area contributed by atoms with Crippen molar-refractivity contribution in [2.75, 3.05) is 4.72 Å². The van der Waals surface area contributed by atoms with E-state index < -0.39 is 16.0 Å². The van der Waals surface area contributed by atoms with Crippen molar-refractivity contribution >= 4 is 44.7 Å². The second-order valence-electron chi connectivity index (χ2n) is 3.64. The van der Waals surface area contributed by atoms with E-state index in [0.29, 0.717) is 4.88 Å². The van der Waals surface area contributed by atoms with Gasteiger partial charge < -0.3 is 5.11 Å². The van der Waals surface area contributed by atoms with Crippen molar-refractivity contribution < 1.29 is 18.3 Å². The van der Waals surface area contributed by atoms with Crippen molar-refractivity contribution in [2.45, 2.75) is 10.6 Å². The second kappa shape index (κ2) is 5.73. The van der Waals surface area contributed by atoms with E-state index in [1.54, 1.807) is 0 Å². The average Bonchev–Trinajstić information content (AvgIpc) is 2.80. The topological polar surface area (TPSA) is 109 Å². The van der Waals surface area contributed by atoms with E-state index in [1.165, 1.54) is 24.3 Å². The molecule has 0 aromatic carbocycles. The number of sulfonamides is 1. The maximum Gasteiger partial charge on any atom is 0.308 e. The van der Waals surface area contributed by atoms with E-state index in [2.05, 4.69) is 14.9 Å². The first-order valence-corrected chi connectivity index (χ1v) is 7.87. The van der Waals surface area contributed by atoms with E-state index in [1.807, 2.05) is 0 Å². The summed E-state index contributed by atoms with van der Waals surface area (Å²) in [5.41, 5.74) is 0. The fourth-order valence-corrected chi connectivity index (χ4v) is 3.75. The lowest BCUT2D eigenvalue weighted by atomic mass is 10.3. The molecule has 0 aliphatic carbocycles. The number of thiophene rings is 1. The van der Waals surface area contributed by atoms with Crippen LogP contribution in [0, 0.1) is 0 Å². The molecule has 0 amide bonds. The Kier molecular flexibility index (Phi) is 4.21. The maximum absolute atomic E-state index is 12.0. The third-order valence-electron chi connectivity index (χ3n) is 2.10. The number of carboxylic acids is 1. The molecule has 106 valence electrons. The summed E-state index contributed by atoms with van der Waals surface area (Å²) in [6.07, 6.45) is -0.221. The number of anilines is 1. The average molecular weight is 334 g/mol. The molecule has 2 aromatic heterocycles. The van der Waals surface area contributed by atoms with Crippen molar-refractivity contribution in [1.82, 2.24) is 10.2 Å². The molecule has 0 atom stereocenters. The Bertz CT molecular complexity index is 727. The molecule has 2 N–H and O–H groups in total. The van der Waals surface area contributed by atoms with E-state index in [9.17, 15) is 13.2 Å². The molecule has 0 unspecified atom stereocenters. The molecule has 0 radical (unpaired) electrons. The van der Waals surface area contributed by atoms with E-state index in [-0.39, 0.29) is 21.6 Å². The Hall–Kier alpha value is -1.71. The summed E-state index contributed by atoms with van der Waals surface area (Å²) in [6.45, 7) is 0. The Morgan fingerprint density at radius 1 is 1.30 bits per heavy atom. The molecule has 2 rings (SSSR count). The Labute approximate surface area is 123 Å². The van der Waals surface area contributed by atoms with Gasteiger partial charge in [-0.1, -0.05) is 11.6 Å². The molecule has 2 aromatic rings. The van der Waals surface area contributed by atoms with Gasteiger partial charge in [0.1, 0.15) is 4.21 Å². The van der Waals surface area contributed by atoms with Crippen molar-refractivity contribution in [1.29, 1.82) is 0 Å². The molecular formula is C10H8ClN3O4S2. The van der Waals surface area contributed by atoms with Gasteiger partial charge in [0.25, 0.3) is 10.0 Å². The molecule has 0 saturated carbocycles. The summed E-state index contributed by atoms with van der Waals surface area (Å²) in [5.74, 6) is -0.991. The third kappa shape index (κ3) is 3.65. The fourth-order valence-electron chi connectivity index (χ4n) is 1.31. The van der Waals surface area contributed by atoms with Crippen LogP contribution in [-0.4, -0.2) is 29.7 Å². The molecular weight excluding hydrogens is 326 g/mol. The molecule has 7 nitrogen and oxygen atoms in total. The molecule has 0 fully saturated rings. The van der Waals surface area contributed by atoms with Crippen LogP contribution in [0.4, 0.5) is 5.82 Å². The monoisotopic (exact) mass is 333 g/mol. The SMILES string of the molecule is O=C(O)Cc1ccc(S(=O)(=O)Nc2ccc(Cl)nn2)s1. The highest BCUT2D eigenvalue weighted by molar-refractivity contribution is 7.94. The molecule has 0 aliphatic heterocycles. The number of hydrogen-bond acceptors (Lipinski definition) is 6. The lowest BCUT2D eigenvalue weighted by molar-refractivity contribution is -0.136. The van der Waals surface area contributed by atoms with Crippen molar-refractivity contribution in [2.24, 2.45) is 0 Å². The minimum Gasteiger partial charge on any atom is -0.481 e. The van der Waals surface area contributed by atoms with Crippen molar-refractivity contribution in [3.63, 3.8) is 0 Å². The first-order chi connectivity index (χ1) is 9.37. The smallest absolute Gasteiger partial charge is 0.308 e. The second-order valence-corrected chi connectivity index (χ2v) is 7.10. The number of halogens is 1. The van der Waals surface area contributed by atoms with Crippen LogP contribution in [0.3, 0.4) is 0 Å². The van der Waals surface area contributed by atoms with Crippen molar-refractivity contribution in [3.05, 3.63) is 34.3 Å². The Morgan fingerprint density at radius 2 is 2.05 bits per heavy atom. The number of rotatable bonds is 5. The number of nitrogens with zero attached hydrogens (tertiary/aromatic N) is 2. The Morgan fingerprint density at radius 3 is 2.65 bits per heavy atom. The number of nitrogens with one attached hydrogen (secondary N) is 1. The summed E-state index contributed by atoms with van der Waals surface area (Å²) in [6, 6.07) is 5.57. The maximum atomic E-state index is 12.0. The highest BCUT2D eigenvalue weighted by Gasteiger charge is 2.18. The standard InChI is InChI=1S/C10H8ClN3O4S2/c11-7-2-3-8(13-12-7)14-20(17,18)10-4-1-6(19-10)5-9(15)16/h1-4H,5H2,(H,13,14)(H,15,16). The number of aromatic nitrogens is 2. The van der Waals surface area contributed by atoms with Gasteiger partial charge in [0.05, 0.1) is 6.42 Å². The van der Waals surface area contributed by atoms with Crippen LogP contribution in [0.5, 0.6) is 0 Å². The normalized spacial score (nSPS) is 11.2. The molecule has 20 heavy (non-hydrogen) atoms. The molecule has 0 spiro atoms. The van der Waals surface area contributed by atoms with Gasteiger partial charge in [-0.05, 0) is 24.3 Å². The van der Waals surface area contributed by atoms with E-state index in [4.69, 9.17) is 16.7 Å². The third-order valence-corrected chi connectivity index (χ3v) is 5.23. The fraction of sp³-hybridized carbons (Fsp3) is 0.100. The predicted octanol–water partition coefficient (Wildman–Crippen LogP) is 1.62. The molecule has 0 bridgehead atoms. The zero-order chi connectivity index (χ0) is 14.8. The highest BCUT2D eigenvalue weighted by atomic mass is 35.5. The van der Waals surface area contributed by atoms with E-state index in [0.717, 1.165) is 11.3 Å². The number of carbonyl (C=O) groups is 1. The quantitative estimate of drug-likeness (QED) is 0.860. The minimum absolute atomic E-state index is 0.00509. The van der Waals surface area contributed by atoms with Gasteiger partial charge >= 0.3 is 5.97 Å². The largest absolute Gasteiger partial charge is 0.481 e. The number of aliphatic carboxylic acids is 1. The lowest BCUT2D eigenvalue weighted by Gasteiger charge is -2.03. The van der Waals surface area contributed by atoms with Gasteiger partial charge in [0.2, 0.25) is 0 Å².